The predicted molar refractivity (Wildman–Crippen MR) is 114 cm³/mol. The van der Waals surface area contributed by atoms with Crippen molar-refractivity contribution in [2.24, 2.45) is 0 Å². The highest BCUT2D eigenvalue weighted by atomic mass is 35.5. The molecule has 0 saturated heterocycles. The smallest absolute Gasteiger partial charge is 0.260 e. The van der Waals surface area contributed by atoms with Gasteiger partial charge in [0.2, 0.25) is 0 Å². The molecule has 0 radical (unpaired) electrons. The van der Waals surface area contributed by atoms with Gasteiger partial charge in [-0.2, -0.15) is 0 Å². The van der Waals surface area contributed by atoms with Crippen LogP contribution in [0.2, 0.25) is 5.02 Å². The van der Waals surface area contributed by atoms with Gasteiger partial charge in [0, 0.05) is 21.7 Å². The maximum atomic E-state index is 13.2. The van der Waals surface area contributed by atoms with E-state index in [9.17, 15) is 4.79 Å². The Bertz CT molecular complexity index is 1160. The minimum Gasteiger partial charge on any atom is -0.497 e. The fourth-order valence-electron chi connectivity index (χ4n) is 3.10. The number of methoxy groups -OCH3 is 2. The predicted octanol–water partition coefficient (Wildman–Crippen LogP) is 6.02. The van der Waals surface area contributed by atoms with E-state index < -0.39 is 0 Å². The van der Waals surface area contributed by atoms with Crippen molar-refractivity contribution >= 4 is 34.2 Å². The third kappa shape index (κ3) is 3.77. The molecule has 146 valence electrons. The molecule has 1 aromatic heterocycles. The van der Waals surface area contributed by atoms with Gasteiger partial charge in [0.1, 0.15) is 22.8 Å². The van der Waals surface area contributed by atoms with Gasteiger partial charge >= 0.3 is 0 Å². The van der Waals surface area contributed by atoms with E-state index in [0.717, 1.165) is 11.3 Å². The van der Waals surface area contributed by atoms with Gasteiger partial charge in [-0.1, -0.05) is 11.6 Å². The molecule has 0 unspecified atom stereocenters. The molecule has 0 bridgehead atoms. The summed E-state index contributed by atoms with van der Waals surface area (Å²) in [7, 11) is 3.19. The molecule has 29 heavy (non-hydrogen) atoms. The molecule has 1 amide bonds. The summed E-state index contributed by atoms with van der Waals surface area (Å²) in [5, 5.41) is 4.18. The molecule has 4 rings (SSSR count). The first-order valence-corrected chi connectivity index (χ1v) is 9.28. The average molecular weight is 408 g/mol. The zero-order valence-electron chi connectivity index (χ0n) is 15.9. The quantitative estimate of drug-likeness (QED) is 0.439. The summed E-state index contributed by atoms with van der Waals surface area (Å²) >= 11 is 5.94. The van der Waals surface area contributed by atoms with Crippen LogP contribution in [-0.2, 0) is 0 Å². The number of furan rings is 1. The highest BCUT2D eigenvalue weighted by molar-refractivity contribution is 6.30. The number of nitrogens with one attached hydrogen (secondary N) is 1. The third-order valence-electron chi connectivity index (χ3n) is 4.58. The molecule has 0 atom stereocenters. The van der Waals surface area contributed by atoms with Crippen LogP contribution in [0.25, 0.3) is 22.3 Å². The van der Waals surface area contributed by atoms with Gasteiger partial charge in [-0.15, -0.1) is 0 Å². The average Bonchev–Trinajstić information content (AvgIpc) is 3.14. The minimum atomic E-state index is -0.287. The van der Waals surface area contributed by atoms with Gasteiger partial charge in [0.05, 0.1) is 19.8 Å². The molecule has 1 heterocycles. The number of anilines is 1. The zero-order chi connectivity index (χ0) is 20.4. The van der Waals surface area contributed by atoms with Crippen molar-refractivity contribution in [1.29, 1.82) is 0 Å². The van der Waals surface area contributed by atoms with Crippen LogP contribution in [-0.4, -0.2) is 20.1 Å². The van der Waals surface area contributed by atoms with E-state index in [-0.39, 0.29) is 5.91 Å². The Hall–Kier alpha value is -3.44. The number of carbonyl (C=O) groups excluding carboxylic acids is 1. The lowest BCUT2D eigenvalue weighted by atomic mass is 10.0. The third-order valence-corrected chi connectivity index (χ3v) is 4.83. The summed E-state index contributed by atoms with van der Waals surface area (Å²) in [6.45, 7) is 0. The Morgan fingerprint density at radius 3 is 2.21 bits per heavy atom. The first kappa shape index (κ1) is 18.9. The molecule has 4 aromatic rings. The molecule has 3 aromatic carbocycles. The highest BCUT2D eigenvalue weighted by Gasteiger charge is 2.23. The second-order valence-electron chi connectivity index (χ2n) is 6.36. The van der Waals surface area contributed by atoms with Crippen LogP contribution in [0.1, 0.15) is 10.4 Å². The van der Waals surface area contributed by atoms with Crippen molar-refractivity contribution in [3.05, 3.63) is 77.3 Å². The number of carbonyl (C=O) groups is 1. The van der Waals surface area contributed by atoms with E-state index in [1.54, 1.807) is 56.7 Å². The van der Waals surface area contributed by atoms with Crippen molar-refractivity contribution in [3.63, 3.8) is 0 Å². The molecule has 5 nitrogen and oxygen atoms in total. The molecule has 0 spiro atoms. The molecule has 0 saturated carbocycles. The summed E-state index contributed by atoms with van der Waals surface area (Å²) in [6.07, 6.45) is 0. The van der Waals surface area contributed by atoms with Crippen molar-refractivity contribution in [2.75, 3.05) is 19.5 Å². The number of hydrogen-bond donors (Lipinski definition) is 1. The molecule has 0 fully saturated rings. The lowest BCUT2D eigenvalue weighted by molar-refractivity contribution is 0.102. The topological polar surface area (TPSA) is 60.7 Å². The largest absolute Gasteiger partial charge is 0.497 e. The second kappa shape index (κ2) is 7.89. The SMILES string of the molecule is COc1ccc(-c2oc3ccc(OC)cc3c2C(=O)Nc2ccc(Cl)cc2)cc1. The molecule has 1 N–H and O–H groups in total. The number of halogens is 1. The number of rotatable bonds is 5. The Labute approximate surface area is 172 Å². The summed E-state index contributed by atoms with van der Waals surface area (Å²) in [4.78, 5) is 13.2. The maximum Gasteiger partial charge on any atom is 0.260 e. The minimum absolute atomic E-state index is 0.287. The number of amides is 1. The van der Waals surface area contributed by atoms with E-state index in [2.05, 4.69) is 5.32 Å². The van der Waals surface area contributed by atoms with Gasteiger partial charge in [-0.05, 0) is 66.7 Å². The zero-order valence-corrected chi connectivity index (χ0v) is 16.6. The lowest BCUT2D eigenvalue weighted by Gasteiger charge is -2.07. The molecule has 6 heteroatoms. The van der Waals surface area contributed by atoms with Gasteiger partial charge in [0.25, 0.3) is 5.91 Å². The van der Waals surface area contributed by atoms with Crippen molar-refractivity contribution in [3.8, 4) is 22.8 Å². The lowest BCUT2D eigenvalue weighted by Crippen LogP contribution is -2.12. The summed E-state index contributed by atoms with van der Waals surface area (Å²) < 4.78 is 16.6. The number of ether oxygens (including phenoxy) is 2. The summed E-state index contributed by atoms with van der Waals surface area (Å²) in [6, 6.07) is 19.7. The summed E-state index contributed by atoms with van der Waals surface area (Å²) in [5.74, 6) is 1.55. The van der Waals surface area contributed by atoms with Crippen LogP contribution < -0.4 is 14.8 Å². The van der Waals surface area contributed by atoms with E-state index in [1.165, 1.54) is 0 Å². The van der Waals surface area contributed by atoms with Crippen LogP contribution in [0.4, 0.5) is 5.69 Å². The van der Waals surface area contributed by atoms with Crippen LogP contribution in [0.3, 0.4) is 0 Å². The molecule has 0 aliphatic rings. The van der Waals surface area contributed by atoms with E-state index in [4.69, 9.17) is 25.5 Å². The molecular weight excluding hydrogens is 390 g/mol. The number of benzene rings is 3. The molecular formula is C23H18ClNO4. The highest BCUT2D eigenvalue weighted by Crippen LogP contribution is 2.36. The Kier molecular flexibility index (Phi) is 5.14. The van der Waals surface area contributed by atoms with Crippen LogP contribution >= 0.6 is 11.6 Å². The van der Waals surface area contributed by atoms with Crippen LogP contribution in [0, 0.1) is 0 Å². The molecule has 0 aliphatic carbocycles. The fourth-order valence-corrected chi connectivity index (χ4v) is 3.23. The van der Waals surface area contributed by atoms with Crippen molar-refractivity contribution in [2.45, 2.75) is 0 Å². The van der Waals surface area contributed by atoms with Gasteiger partial charge in [-0.25, -0.2) is 0 Å². The van der Waals surface area contributed by atoms with E-state index in [0.29, 0.717) is 38.8 Å². The van der Waals surface area contributed by atoms with Crippen molar-refractivity contribution in [1.82, 2.24) is 0 Å². The van der Waals surface area contributed by atoms with E-state index in [1.807, 2.05) is 24.3 Å². The standard InChI is InChI=1S/C23H18ClNO4/c1-27-17-9-3-14(4-10-17)22-21(19-13-18(28-2)11-12-20(19)29-22)23(26)25-16-7-5-15(24)6-8-16/h3-13H,1-2H3,(H,25,26). The summed E-state index contributed by atoms with van der Waals surface area (Å²) in [5.41, 5.74) is 2.43. The Morgan fingerprint density at radius 2 is 1.55 bits per heavy atom. The van der Waals surface area contributed by atoms with Crippen molar-refractivity contribution < 1.29 is 18.7 Å². The van der Waals surface area contributed by atoms with Crippen LogP contribution in [0.5, 0.6) is 11.5 Å². The number of fused-ring (bicyclic) bond motifs is 1. The van der Waals surface area contributed by atoms with Gasteiger partial charge in [0.15, 0.2) is 0 Å². The molecule has 0 aliphatic heterocycles. The van der Waals surface area contributed by atoms with Gasteiger partial charge in [-0.3, -0.25) is 4.79 Å². The Balaban J connectivity index is 1.83. The fraction of sp³-hybridized carbons (Fsp3) is 0.0870. The van der Waals surface area contributed by atoms with Crippen LogP contribution in [0.15, 0.2) is 71.1 Å². The number of hydrogen-bond acceptors (Lipinski definition) is 4. The van der Waals surface area contributed by atoms with E-state index >= 15 is 0 Å². The first-order valence-electron chi connectivity index (χ1n) is 8.91. The van der Waals surface area contributed by atoms with Gasteiger partial charge < -0.3 is 19.2 Å². The Morgan fingerprint density at radius 1 is 0.897 bits per heavy atom. The maximum absolute atomic E-state index is 13.2. The second-order valence-corrected chi connectivity index (χ2v) is 6.79. The normalized spacial score (nSPS) is 10.7. The first-order chi connectivity index (χ1) is 14.1. The monoisotopic (exact) mass is 407 g/mol.